The van der Waals surface area contributed by atoms with Crippen LogP contribution in [0.5, 0.6) is 0 Å². The Hall–Kier alpha value is -2.73. The van der Waals surface area contributed by atoms with E-state index < -0.39 is 5.97 Å². The summed E-state index contributed by atoms with van der Waals surface area (Å²) in [7, 11) is 0. The average molecular weight is 354 g/mol. The fraction of sp³-hybridized carbons (Fsp3) is 0.350. The van der Waals surface area contributed by atoms with E-state index in [4.69, 9.17) is 9.84 Å². The number of hydrogen-bond acceptors (Lipinski definition) is 4. The summed E-state index contributed by atoms with van der Waals surface area (Å²) in [6.07, 6.45) is 2.73. The van der Waals surface area contributed by atoms with Gasteiger partial charge in [-0.1, -0.05) is 36.4 Å². The number of carbonyl (C=O) groups is 2. The summed E-state index contributed by atoms with van der Waals surface area (Å²) in [5, 5.41) is 8.99. The number of pyridine rings is 1. The lowest BCUT2D eigenvalue weighted by Gasteiger charge is -2.16. The van der Waals surface area contributed by atoms with E-state index in [9.17, 15) is 9.59 Å². The van der Waals surface area contributed by atoms with Crippen molar-refractivity contribution in [3.05, 3.63) is 65.5 Å². The lowest BCUT2D eigenvalue weighted by Crippen LogP contribution is -2.31. The van der Waals surface area contributed by atoms with Crippen molar-refractivity contribution in [2.24, 2.45) is 0 Å². The van der Waals surface area contributed by atoms with E-state index in [1.54, 1.807) is 11.0 Å². The first kappa shape index (κ1) is 18.1. The predicted molar refractivity (Wildman–Crippen MR) is 96.2 cm³/mol. The Kier molecular flexibility index (Phi) is 5.96. The number of carboxylic acids is 1. The number of aromatic carboxylic acids is 1. The number of likely N-dealkylation sites (tertiary alicyclic amines) is 1. The molecule has 3 rings (SSSR count). The Balaban J connectivity index is 1.45. The van der Waals surface area contributed by atoms with Crippen molar-refractivity contribution >= 4 is 11.9 Å². The van der Waals surface area contributed by atoms with Crippen molar-refractivity contribution in [2.75, 3.05) is 19.7 Å². The Morgan fingerprint density at radius 1 is 1.12 bits per heavy atom. The number of amides is 1. The Labute approximate surface area is 152 Å². The fourth-order valence-corrected chi connectivity index (χ4v) is 3.05. The van der Waals surface area contributed by atoms with Crippen LogP contribution in [0.15, 0.2) is 48.5 Å². The summed E-state index contributed by atoms with van der Waals surface area (Å²) in [6, 6.07) is 14.7. The minimum Gasteiger partial charge on any atom is -0.477 e. The first-order chi connectivity index (χ1) is 12.6. The maximum Gasteiger partial charge on any atom is 0.354 e. The maximum atomic E-state index is 12.5. The molecule has 1 amide bonds. The molecular formula is C20H22N2O4. The van der Waals surface area contributed by atoms with Gasteiger partial charge in [-0.05, 0) is 37.0 Å². The van der Waals surface area contributed by atoms with Crippen LogP contribution in [0.2, 0.25) is 0 Å². The Morgan fingerprint density at radius 3 is 2.65 bits per heavy atom. The number of hydrogen-bond donors (Lipinski definition) is 1. The monoisotopic (exact) mass is 354 g/mol. The van der Waals surface area contributed by atoms with Crippen molar-refractivity contribution in [3.63, 3.8) is 0 Å². The van der Waals surface area contributed by atoms with Gasteiger partial charge >= 0.3 is 5.97 Å². The molecule has 0 aliphatic carbocycles. The summed E-state index contributed by atoms with van der Waals surface area (Å²) in [5.41, 5.74) is 1.34. The highest BCUT2D eigenvalue weighted by atomic mass is 16.5. The molecule has 1 fully saturated rings. The lowest BCUT2D eigenvalue weighted by molar-refractivity contribution is 0.0522. The van der Waals surface area contributed by atoms with Crippen LogP contribution in [0.1, 0.15) is 39.4 Å². The van der Waals surface area contributed by atoms with Gasteiger partial charge in [0, 0.05) is 19.7 Å². The SMILES string of the molecule is O=C(O)c1cccc(C(=O)N2CCC(OCCCc3ccccc3)C2)n1. The Bertz CT molecular complexity index is 763. The first-order valence-corrected chi connectivity index (χ1v) is 8.78. The molecule has 26 heavy (non-hydrogen) atoms. The molecule has 1 saturated heterocycles. The first-order valence-electron chi connectivity index (χ1n) is 8.78. The van der Waals surface area contributed by atoms with Crippen LogP contribution in [0.25, 0.3) is 0 Å². The van der Waals surface area contributed by atoms with Crippen LogP contribution in [0, 0.1) is 0 Å². The van der Waals surface area contributed by atoms with Gasteiger partial charge < -0.3 is 14.7 Å². The van der Waals surface area contributed by atoms with Gasteiger partial charge in [0.1, 0.15) is 11.4 Å². The molecule has 1 aromatic heterocycles. The van der Waals surface area contributed by atoms with Crippen LogP contribution in [-0.2, 0) is 11.2 Å². The smallest absolute Gasteiger partial charge is 0.354 e. The van der Waals surface area contributed by atoms with Crippen molar-refractivity contribution in [2.45, 2.75) is 25.4 Å². The fourth-order valence-electron chi connectivity index (χ4n) is 3.05. The highest BCUT2D eigenvalue weighted by Crippen LogP contribution is 2.16. The van der Waals surface area contributed by atoms with Crippen LogP contribution < -0.4 is 0 Å². The van der Waals surface area contributed by atoms with Gasteiger partial charge in [-0.25, -0.2) is 9.78 Å². The maximum absolute atomic E-state index is 12.5. The standard InChI is InChI=1S/C20H22N2O4/c23-19(17-9-4-10-18(21-17)20(24)25)22-12-11-16(14-22)26-13-5-8-15-6-2-1-3-7-15/h1-4,6-7,9-10,16H,5,8,11-14H2,(H,24,25). The van der Waals surface area contributed by atoms with E-state index in [0.29, 0.717) is 19.7 Å². The zero-order valence-electron chi connectivity index (χ0n) is 14.5. The molecule has 136 valence electrons. The van der Waals surface area contributed by atoms with Gasteiger partial charge in [-0.3, -0.25) is 4.79 Å². The van der Waals surface area contributed by atoms with E-state index in [1.807, 2.05) is 18.2 Å². The molecule has 0 bridgehead atoms. The van der Waals surface area contributed by atoms with Crippen LogP contribution in [0.4, 0.5) is 0 Å². The van der Waals surface area contributed by atoms with E-state index in [-0.39, 0.29) is 23.4 Å². The quantitative estimate of drug-likeness (QED) is 0.773. The molecule has 0 radical (unpaired) electrons. The lowest BCUT2D eigenvalue weighted by atomic mass is 10.1. The molecule has 0 spiro atoms. The number of rotatable bonds is 7. The van der Waals surface area contributed by atoms with Gasteiger partial charge in [0.2, 0.25) is 0 Å². The molecule has 1 unspecified atom stereocenters. The summed E-state index contributed by atoms with van der Waals surface area (Å²) in [6.45, 7) is 1.78. The summed E-state index contributed by atoms with van der Waals surface area (Å²) >= 11 is 0. The number of carbonyl (C=O) groups excluding carboxylic acids is 1. The number of benzene rings is 1. The molecule has 2 heterocycles. The van der Waals surface area contributed by atoms with Gasteiger partial charge in [-0.2, -0.15) is 0 Å². The summed E-state index contributed by atoms with van der Waals surface area (Å²) < 4.78 is 5.89. The number of ether oxygens (including phenoxy) is 1. The van der Waals surface area contributed by atoms with Crippen LogP contribution in [0.3, 0.4) is 0 Å². The van der Waals surface area contributed by atoms with E-state index in [2.05, 4.69) is 17.1 Å². The third kappa shape index (κ3) is 4.67. The predicted octanol–water partition coefficient (Wildman–Crippen LogP) is 2.64. The van der Waals surface area contributed by atoms with Crippen molar-refractivity contribution in [1.82, 2.24) is 9.88 Å². The van der Waals surface area contributed by atoms with Crippen molar-refractivity contribution in [3.8, 4) is 0 Å². The molecule has 1 aliphatic heterocycles. The summed E-state index contributed by atoms with van der Waals surface area (Å²) in [5.74, 6) is -1.39. The third-order valence-corrected chi connectivity index (χ3v) is 4.43. The second kappa shape index (κ2) is 8.58. The zero-order valence-corrected chi connectivity index (χ0v) is 14.5. The number of carboxylic acid groups (broad SMARTS) is 1. The molecule has 1 aromatic carbocycles. The minimum absolute atomic E-state index is 0.0254. The van der Waals surface area contributed by atoms with Gasteiger partial charge in [-0.15, -0.1) is 0 Å². The van der Waals surface area contributed by atoms with E-state index in [0.717, 1.165) is 19.3 Å². The molecule has 6 heteroatoms. The molecular weight excluding hydrogens is 332 g/mol. The highest BCUT2D eigenvalue weighted by molar-refractivity contribution is 5.94. The molecule has 6 nitrogen and oxygen atoms in total. The minimum atomic E-state index is -1.14. The molecule has 1 aliphatic rings. The number of aromatic nitrogens is 1. The van der Waals surface area contributed by atoms with E-state index >= 15 is 0 Å². The number of aryl methyl sites for hydroxylation is 1. The van der Waals surface area contributed by atoms with Gasteiger partial charge in [0.05, 0.1) is 6.10 Å². The molecule has 2 aromatic rings. The second-order valence-corrected chi connectivity index (χ2v) is 6.34. The summed E-state index contributed by atoms with van der Waals surface area (Å²) in [4.78, 5) is 29.1. The largest absolute Gasteiger partial charge is 0.477 e. The Morgan fingerprint density at radius 2 is 1.88 bits per heavy atom. The molecule has 1 atom stereocenters. The zero-order chi connectivity index (χ0) is 18.4. The van der Waals surface area contributed by atoms with Crippen LogP contribution >= 0.6 is 0 Å². The van der Waals surface area contributed by atoms with Crippen LogP contribution in [-0.4, -0.2) is 52.7 Å². The highest BCUT2D eigenvalue weighted by Gasteiger charge is 2.28. The normalized spacial score (nSPS) is 16.6. The molecule has 0 saturated carbocycles. The van der Waals surface area contributed by atoms with Gasteiger partial charge in [0.15, 0.2) is 0 Å². The van der Waals surface area contributed by atoms with E-state index in [1.165, 1.54) is 17.7 Å². The van der Waals surface area contributed by atoms with Gasteiger partial charge in [0.25, 0.3) is 5.91 Å². The molecule has 1 N–H and O–H groups in total. The average Bonchev–Trinajstić information content (AvgIpc) is 3.14. The van der Waals surface area contributed by atoms with Crippen molar-refractivity contribution in [1.29, 1.82) is 0 Å². The third-order valence-electron chi connectivity index (χ3n) is 4.43. The van der Waals surface area contributed by atoms with Crippen molar-refractivity contribution < 1.29 is 19.4 Å². The number of nitrogens with zero attached hydrogens (tertiary/aromatic N) is 2. The topological polar surface area (TPSA) is 79.7 Å². The second-order valence-electron chi connectivity index (χ2n) is 6.34.